The smallest absolute Gasteiger partial charge is 0.410 e. The van der Waals surface area contributed by atoms with Crippen LogP contribution in [0.1, 0.15) is 46.5 Å². The van der Waals surface area contributed by atoms with Crippen LogP contribution < -0.4 is 0 Å². The maximum Gasteiger partial charge on any atom is 0.410 e. The molecule has 0 unspecified atom stereocenters. The number of carbonyl (C=O) groups is 1. The van der Waals surface area contributed by atoms with Crippen molar-refractivity contribution in [3.05, 3.63) is 0 Å². The highest BCUT2D eigenvalue weighted by Crippen LogP contribution is 2.23. The molecule has 1 aliphatic rings. The van der Waals surface area contributed by atoms with E-state index in [0.29, 0.717) is 6.04 Å². The van der Waals surface area contributed by atoms with Crippen LogP contribution in [-0.4, -0.2) is 29.7 Å². The Labute approximate surface area is 86.4 Å². The van der Waals surface area contributed by atoms with Gasteiger partial charge < -0.3 is 9.64 Å². The summed E-state index contributed by atoms with van der Waals surface area (Å²) in [6, 6.07) is 0.422. The summed E-state index contributed by atoms with van der Waals surface area (Å²) in [5.41, 5.74) is 0. The van der Waals surface area contributed by atoms with E-state index in [4.69, 9.17) is 4.74 Å². The lowest BCUT2D eigenvalue weighted by molar-refractivity contribution is 0.0658. The van der Waals surface area contributed by atoms with Gasteiger partial charge in [0.05, 0.1) is 6.10 Å². The minimum Gasteiger partial charge on any atom is -0.447 e. The molecular weight excluding hydrogens is 178 g/mol. The van der Waals surface area contributed by atoms with E-state index in [9.17, 15) is 4.79 Å². The number of rotatable bonds is 3. The van der Waals surface area contributed by atoms with Crippen molar-refractivity contribution in [1.29, 1.82) is 0 Å². The fourth-order valence-electron chi connectivity index (χ4n) is 2.02. The van der Waals surface area contributed by atoms with Gasteiger partial charge in [-0.25, -0.2) is 4.79 Å². The molecule has 0 saturated heterocycles. The summed E-state index contributed by atoms with van der Waals surface area (Å²) in [7, 11) is 0. The van der Waals surface area contributed by atoms with Gasteiger partial charge in [0.1, 0.15) is 0 Å². The Morgan fingerprint density at radius 3 is 2.43 bits per heavy atom. The zero-order valence-electron chi connectivity index (χ0n) is 9.45. The fourth-order valence-corrected chi connectivity index (χ4v) is 2.02. The van der Waals surface area contributed by atoms with Crippen molar-refractivity contribution in [3.63, 3.8) is 0 Å². The Hall–Kier alpha value is -0.730. The largest absolute Gasteiger partial charge is 0.447 e. The lowest BCUT2D eigenvalue weighted by Crippen LogP contribution is -2.39. The second-order valence-corrected chi connectivity index (χ2v) is 4.16. The minimum atomic E-state index is -0.144. The molecule has 14 heavy (non-hydrogen) atoms. The van der Waals surface area contributed by atoms with Crippen LogP contribution in [0.15, 0.2) is 0 Å². The van der Waals surface area contributed by atoms with Crippen molar-refractivity contribution >= 4 is 6.09 Å². The Bertz CT molecular complexity index is 186. The lowest BCUT2D eigenvalue weighted by atomic mass is 10.2. The average molecular weight is 199 g/mol. The van der Waals surface area contributed by atoms with E-state index in [-0.39, 0.29) is 12.2 Å². The minimum absolute atomic E-state index is 0.0158. The van der Waals surface area contributed by atoms with Gasteiger partial charge in [-0.15, -0.1) is 0 Å². The van der Waals surface area contributed by atoms with E-state index in [1.807, 2.05) is 25.7 Å². The molecule has 82 valence electrons. The quantitative estimate of drug-likeness (QED) is 0.699. The van der Waals surface area contributed by atoms with E-state index < -0.39 is 0 Å². The monoisotopic (exact) mass is 199 g/mol. The van der Waals surface area contributed by atoms with Gasteiger partial charge >= 0.3 is 6.09 Å². The zero-order valence-corrected chi connectivity index (χ0v) is 9.45. The van der Waals surface area contributed by atoms with Crippen molar-refractivity contribution in [1.82, 2.24) is 4.90 Å². The third-order valence-corrected chi connectivity index (χ3v) is 2.68. The van der Waals surface area contributed by atoms with E-state index in [0.717, 1.165) is 19.4 Å². The van der Waals surface area contributed by atoms with Gasteiger partial charge in [-0.2, -0.15) is 0 Å². The lowest BCUT2D eigenvalue weighted by Gasteiger charge is -2.27. The first-order chi connectivity index (χ1) is 6.65. The van der Waals surface area contributed by atoms with Crippen LogP contribution in [0.25, 0.3) is 0 Å². The molecule has 0 heterocycles. The van der Waals surface area contributed by atoms with Gasteiger partial charge in [0, 0.05) is 12.6 Å². The molecule has 1 saturated carbocycles. The maximum absolute atomic E-state index is 11.7. The van der Waals surface area contributed by atoms with Crippen molar-refractivity contribution in [3.8, 4) is 0 Å². The van der Waals surface area contributed by atoms with Crippen molar-refractivity contribution < 1.29 is 9.53 Å². The van der Waals surface area contributed by atoms with Gasteiger partial charge in [0.2, 0.25) is 0 Å². The predicted molar refractivity (Wildman–Crippen MR) is 56.3 cm³/mol. The highest BCUT2D eigenvalue weighted by atomic mass is 16.6. The van der Waals surface area contributed by atoms with E-state index in [1.54, 1.807) is 0 Å². The predicted octanol–water partition coefficient (Wildman–Crippen LogP) is 2.80. The summed E-state index contributed by atoms with van der Waals surface area (Å²) in [5, 5.41) is 0. The van der Waals surface area contributed by atoms with Crippen LogP contribution in [0.4, 0.5) is 4.79 Å². The van der Waals surface area contributed by atoms with E-state index in [1.165, 1.54) is 12.8 Å². The SMILES string of the molecule is CCN(C(=O)OC(C)C)C1CCCC1. The standard InChI is InChI=1S/C11H21NO2/c1-4-12(10-7-5-6-8-10)11(13)14-9(2)3/h9-10H,4-8H2,1-3H3. The van der Waals surface area contributed by atoms with E-state index >= 15 is 0 Å². The summed E-state index contributed by atoms with van der Waals surface area (Å²) in [6.07, 6.45) is 4.61. The molecule has 3 nitrogen and oxygen atoms in total. The van der Waals surface area contributed by atoms with Crippen molar-refractivity contribution in [2.75, 3.05) is 6.54 Å². The Morgan fingerprint density at radius 1 is 1.43 bits per heavy atom. The van der Waals surface area contributed by atoms with Gasteiger partial charge in [-0.05, 0) is 33.6 Å². The maximum atomic E-state index is 11.7. The first-order valence-electron chi connectivity index (χ1n) is 5.62. The first-order valence-corrected chi connectivity index (χ1v) is 5.62. The number of hydrogen-bond acceptors (Lipinski definition) is 2. The van der Waals surface area contributed by atoms with Crippen LogP contribution in [-0.2, 0) is 4.74 Å². The molecule has 0 spiro atoms. The number of hydrogen-bond donors (Lipinski definition) is 0. The molecule has 0 N–H and O–H groups in total. The number of amides is 1. The Morgan fingerprint density at radius 2 is 2.00 bits per heavy atom. The summed E-state index contributed by atoms with van der Waals surface area (Å²) >= 11 is 0. The van der Waals surface area contributed by atoms with E-state index in [2.05, 4.69) is 0 Å². The molecule has 0 radical (unpaired) electrons. The van der Waals surface area contributed by atoms with Gasteiger partial charge in [-0.3, -0.25) is 0 Å². The molecule has 1 amide bonds. The molecule has 0 aromatic rings. The normalized spacial score (nSPS) is 17.4. The molecule has 0 aromatic heterocycles. The number of carbonyl (C=O) groups excluding carboxylic acids is 1. The molecule has 0 aromatic carbocycles. The van der Waals surface area contributed by atoms with Crippen molar-refractivity contribution in [2.24, 2.45) is 0 Å². The summed E-state index contributed by atoms with van der Waals surface area (Å²) in [4.78, 5) is 13.5. The van der Waals surface area contributed by atoms with Crippen LogP contribution in [0.2, 0.25) is 0 Å². The van der Waals surface area contributed by atoms with Gasteiger partial charge in [-0.1, -0.05) is 12.8 Å². The van der Waals surface area contributed by atoms with Crippen LogP contribution in [0.3, 0.4) is 0 Å². The van der Waals surface area contributed by atoms with Crippen LogP contribution in [0.5, 0.6) is 0 Å². The third kappa shape index (κ3) is 2.89. The first kappa shape index (κ1) is 11.3. The molecule has 1 fully saturated rings. The van der Waals surface area contributed by atoms with Crippen molar-refractivity contribution in [2.45, 2.75) is 58.6 Å². The molecule has 1 aliphatic carbocycles. The molecule has 0 aliphatic heterocycles. The average Bonchev–Trinajstić information content (AvgIpc) is 2.57. The van der Waals surface area contributed by atoms with Crippen LogP contribution in [0, 0.1) is 0 Å². The fraction of sp³-hybridized carbons (Fsp3) is 0.909. The highest BCUT2D eigenvalue weighted by Gasteiger charge is 2.26. The van der Waals surface area contributed by atoms with Gasteiger partial charge in [0.15, 0.2) is 0 Å². The summed E-state index contributed by atoms with van der Waals surface area (Å²) < 4.78 is 5.20. The number of nitrogens with zero attached hydrogens (tertiary/aromatic N) is 1. The number of ether oxygens (including phenoxy) is 1. The highest BCUT2D eigenvalue weighted by molar-refractivity contribution is 5.68. The molecule has 3 heteroatoms. The van der Waals surface area contributed by atoms with Crippen LogP contribution >= 0.6 is 0 Å². The topological polar surface area (TPSA) is 29.5 Å². The molecule has 0 bridgehead atoms. The van der Waals surface area contributed by atoms with Gasteiger partial charge in [0.25, 0.3) is 0 Å². The second kappa shape index (κ2) is 5.23. The third-order valence-electron chi connectivity index (χ3n) is 2.68. The molecule has 1 rings (SSSR count). The Balaban J connectivity index is 2.47. The Kier molecular flexibility index (Phi) is 4.23. The molecular formula is C11H21NO2. The zero-order chi connectivity index (χ0) is 10.6. The summed E-state index contributed by atoms with van der Waals surface area (Å²) in [6.45, 7) is 6.55. The molecule has 0 atom stereocenters. The second-order valence-electron chi connectivity index (χ2n) is 4.16. The summed E-state index contributed by atoms with van der Waals surface area (Å²) in [5.74, 6) is 0.